The first kappa shape index (κ1) is 17.0. The first-order valence-electron chi connectivity index (χ1n) is 5.53. The van der Waals surface area contributed by atoms with Gasteiger partial charge in [-0.05, 0) is 31.5 Å². The van der Waals surface area contributed by atoms with Crippen LogP contribution < -0.4 is 15.8 Å². The number of amides is 1. The van der Waals surface area contributed by atoms with E-state index in [1.54, 1.807) is 25.1 Å². The fourth-order valence-corrected chi connectivity index (χ4v) is 1.36. The average molecular weight is 293 g/mol. The second-order valence-electron chi connectivity index (χ2n) is 3.77. The van der Waals surface area contributed by atoms with Gasteiger partial charge in [0.1, 0.15) is 5.75 Å². The van der Waals surface area contributed by atoms with Crippen LogP contribution in [0.5, 0.6) is 5.75 Å². The summed E-state index contributed by atoms with van der Waals surface area (Å²) in [6.07, 6.45) is 0.892. The Labute approximate surface area is 118 Å². The maximum atomic E-state index is 11.5. The molecular weight excluding hydrogens is 275 g/mol. The van der Waals surface area contributed by atoms with Crippen molar-refractivity contribution < 1.29 is 9.53 Å². The lowest BCUT2D eigenvalue weighted by Crippen LogP contribution is -2.32. The highest BCUT2D eigenvalue weighted by Crippen LogP contribution is 2.28. The Bertz CT molecular complexity index is 398. The highest BCUT2D eigenvalue weighted by atomic mass is 35.5. The summed E-state index contributed by atoms with van der Waals surface area (Å²) in [5.74, 6) is 0.332. The van der Waals surface area contributed by atoms with E-state index in [0.717, 1.165) is 6.42 Å². The lowest BCUT2D eigenvalue weighted by atomic mass is 10.2. The summed E-state index contributed by atoms with van der Waals surface area (Å²) in [6.45, 7) is 4.21. The standard InChI is InChI=1S/C12H17ClN2O2.ClH/c1-3-6-17-11-5-4-9(13)7-10(11)15-12(16)8(2)14;/h4-5,7-8H,3,6,14H2,1-2H3,(H,15,16);1H/t8-;/m0./s1. The lowest BCUT2D eigenvalue weighted by molar-refractivity contribution is -0.117. The summed E-state index contributed by atoms with van der Waals surface area (Å²) in [4.78, 5) is 11.5. The number of anilines is 1. The van der Waals surface area contributed by atoms with Crippen LogP contribution in [0.4, 0.5) is 5.69 Å². The number of carbonyl (C=O) groups excluding carboxylic acids is 1. The molecule has 4 nitrogen and oxygen atoms in total. The van der Waals surface area contributed by atoms with Crippen LogP contribution >= 0.6 is 24.0 Å². The molecule has 0 radical (unpaired) electrons. The van der Waals surface area contributed by atoms with Crippen LogP contribution in [0.25, 0.3) is 0 Å². The third-order valence-electron chi connectivity index (χ3n) is 2.07. The van der Waals surface area contributed by atoms with Crippen LogP contribution in [-0.2, 0) is 4.79 Å². The Kier molecular flexibility index (Phi) is 7.75. The van der Waals surface area contributed by atoms with Gasteiger partial charge in [0.05, 0.1) is 18.3 Å². The minimum absolute atomic E-state index is 0. The number of carbonyl (C=O) groups is 1. The topological polar surface area (TPSA) is 64.3 Å². The largest absolute Gasteiger partial charge is 0.491 e. The number of hydrogen-bond donors (Lipinski definition) is 2. The predicted octanol–water partition coefficient (Wildman–Crippen LogP) is 2.84. The smallest absolute Gasteiger partial charge is 0.241 e. The lowest BCUT2D eigenvalue weighted by Gasteiger charge is -2.13. The van der Waals surface area contributed by atoms with E-state index in [0.29, 0.717) is 23.1 Å². The average Bonchev–Trinajstić information content (AvgIpc) is 2.28. The second-order valence-corrected chi connectivity index (χ2v) is 4.20. The van der Waals surface area contributed by atoms with Crippen molar-refractivity contribution in [3.8, 4) is 5.75 Å². The molecule has 102 valence electrons. The van der Waals surface area contributed by atoms with Gasteiger partial charge < -0.3 is 15.8 Å². The molecule has 0 aliphatic rings. The monoisotopic (exact) mass is 292 g/mol. The third-order valence-corrected chi connectivity index (χ3v) is 2.31. The van der Waals surface area contributed by atoms with Crippen molar-refractivity contribution in [1.82, 2.24) is 0 Å². The van der Waals surface area contributed by atoms with Crippen molar-refractivity contribution in [2.75, 3.05) is 11.9 Å². The molecule has 18 heavy (non-hydrogen) atoms. The Hall–Kier alpha value is -0.970. The summed E-state index contributed by atoms with van der Waals surface area (Å²) in [5, 5.41) is 3.22. The minimum Gasteiger partial charge on any atom is -0.491 e. The number of ether oxygens (including phenoxy) is 1. The molecular formula is C12H18Cl2N2O2. The molecule has 0 saturated heterocycles. The first-order chi connectivity index (χ1) is 8.04. The van der Waals surface area contributed by atoms with Gasteiger partial charge in [-0.2, -0.15) is 0 Å². The maximum Gasteiger partial charge on any atom is 0.241 e. The summed E-state index contributed by atoms with van der Waals surface area (Å²) >= 11 is 5.88. The van der Waals surface area contributed by atoms with Gasteiger partial charge in [-0.3, -0.25) is 4.79 Å². The van der Waals surface area contributed by atoms with Crippen LogP contribution in [0, 0.1) is 0 Å². The van der Waals surface area contributed by atoms with Gasteiger partial charge in [0.2, 0.25) is 5.91 Å². The van der Waals surface area contributed by atoms with E-state index in [2.05, 4.69) is 5.32 Å². The summed E-state index contributed by atoms with van der Waals surface area (Å²) in [6, 6.07) is 4.52. The van der Waals surface area contributed by atoms with Crippen LogP contribution in [0.3, 0.4) is 0 Å². The molecule has 1 rings (SSSR count). The summed E-state index contributed by atoms with van der Waals surface area (Å²) in [7, 11) is 0. The fourth-order valence-electron chi connectivity index (χ4n) is 1.18. The number of rotatable bonds is 5. The normalized spacial score (nSPS) is 11.3. The highest BCUT2D eigenvalue weighted by Gasteiger charge is 2.11. The van der Waals surface area contributed by atoms with E-state index in [4.69, 9.17) is 22.1 Å². The molecule has 1 amide bonds. The SMILES string of the molecule is CCCOc1ccc(Cl)cc1NC(=O)[C@H](C)N.Cl. The molecule has 1 aromatic rings. The molecule has 1 atom stereocenters. The van der Waals surface area contributed by atoms with Gasteiger partial charge >= 0.3 is 0 Å². The van der Waals surface area contributed by atoms with E-state index in [9.17, 15) is 4.79 Å². The molecule has 0 aliphatic carbocycles. The van der Waals surface area contributed by atoms with Gasteiger partial charge in [0, 0.05) is 5.02 Å². The van der Waals surface area contributed by atoms with Crippen molar-refractivity contribution in [3.05, 3.63) is 23.2 Å². The van der Waals surface area contributed by atoms with E-state index >= 15 is 0 Å². The molecule has 0 aliphatic heterocycles. The number of nitrogens with two attached hydrogens (primary N) is 1. The molecule has 1 aromatic carbocycles. The molecule has 6 heteroatoms. The van der Waals surface area contributed by atoms with Crippen LogP contribution in [0.15, 0.2) is 18.2 Å². The molecule has 0 spiro atoms. The van der Waals surface area contributed by atoms with Gasteiger partial charge in [0.15, 0.2) is 0 Å². The van der Waals surface area contributed by atoms with Crippen molar-refractivity contribution in [3.63, 3.8) is 0 Å². The molecule has 0 unspecified atom stereocenters. The van der Waals surface area contributed by atoms with Crippen molar-refractivity contribution in [2.24, 2.45) is 5.73 Å². The van der Waals surface area contributed by atoms with E-state index < -0.39 is 6.04 Å². The van der Waals surface area contributed by atoms with Gasteiger partial charge in [0.25, 0.3) is 0 Å². The van der Waals surface area contributed by atoms with Crippen molar-refractivity contribution >= 4 is 35.6 Å². The van der Waals surface area contributed by atoms with Crippen molar-refractivity contribution in [1.29, 1.82) is 0 Å². The molecule has 3 N–H and O–H groups in total. The Morgan fingerprint density at radius 2 is 2.22 bits per heavy atom. The molecule has 0 fully saturated rings. The van der Waals surface area contributed by atoms with Crippen LogP contribution in [0.1, 0.15) is 20.3 Å². The Balaban J connectivity index is 0.00000289. The zero-order valence-corrected chi connectivity index (χ0v) is 12.0. The van der Waals surface area contributed by atoms with E-state index in [-0.39, 0.29) is 18.3 Å². The zero-order chi connectivity index (χ0) is 12.8. The number of hydrogen-bond acceptors (Lipinski definition) is 3. The minimum atomic E-state index is -0.576. The second kappa shape index (κ2) is 8.19. The molecule has 0 aromatic heterocycles. The van der Waals surface area contributed by atoms with Crippen LogP contribution in [0.2, 0.25) is 5.02 Å². The number of halogens is 2. The predicted molar refractivity (Wildman–Crippen MR) is 76.8 cm³/mol. The summed E-state index contributed by atoms with van der Waals surface area (Å²) in [5.41, 5.74) is 6.04. The maximum absolute atomic E-state index is 11.5. The number of benzene rings is 1. The Morgan fingerprint density at radius 1 is 1.56 bits per heavy atom. The molecule has 0 saturated carbocycles. The first-order valence-corrected chi connectivity index (χ1v) is 5.91. The molecule has 0 heterocycles. The van der Waals surface area contributed by atoms with Gasteiger partial charge in [-0.15, -0.1) is 12.4 Å². The summed E-state index contributed by atoms with van der Waals surface area (Å²) < 4.78 is 5.51. The highest BCUT2D eigenvalue weighted by molar-refractivity contribution is 6.31. The molecule has 0 bridgehead atoms. The number of nitrogens with one attached hydrogen (secondary N) is 1. The van der Waals surface area contributed by atoms with Gasteiger partial charge in [-0.1, -0.05) is 18.5 Å². The third kappa shape index (κ3) is 5.12. The van der Waals surface area contributed by atoms with Gasteiger partial charge in [-0.25, -0.2) is 0 Å². The van der Waals surface area contributed by atoms with Crippen molar-refractivity contribution in [2.45, 2.75) is 26.3 Å². The quantitative estimate of drug-likeness (QED) is 0.877. The Morgan fingerprint density at radius 3 is 2.78 bits per heavy atom. The zero-order valence-electron chi connectivity index (χ0n) is 10.4. The fraction of sp³-hybridized carbons (Fsp3) is 0.417. The van der Waals surface area contributed by atoms with E-state index in [1.807, 2.05) is 6.92 Å². The van der Waals surface area contributed by atoms with E-state index in [1.165, 1.54) is 0 Å². The van der Waals surface area contributed by atoms with Crippen LogP contribution in [-0.4, -0.2) is 18.6 Å².